The molecule has 0 aromatic carbocycles. The van der Waals surface area contributed by atoms with Gasteiger partial charge in [-0.05, 0) is 25.0 Å². The molecule has 102 valence electrons. The molecule has 19 heavy (non-hydrogen) atoms. The second-order valence-electron chi connectivity index (χ2n) is 3.70. The summed E-state index contributed by atoms with van der Waals surface area (Å²) in [6.07, 6.45) is 2.05. The number of carbonyl (C=O) groups is 3. The minimum absolute atomic E-state index is 0.278. The Balaban J connectivity index is 3.05. The van der Waals surface area contributed by atoms with Gasteiger partial charge >= 0.3 is 0 Å². The van der Waals surface area contributed by atoms with E-state index in [1.54, 1.807) is 0 Å². The van der Waals surface area contributed by atoms with Crippen LogP contribution in [0.25, 0.3) is 0 Å². The summed E-state index contributed by atoms with van der Waals surface area (Å²) in [6.45, 7) is 3.70. The number of hydrogen-bond acceptors (Lipinski definition) is 5. The standard InChI is InChI=1S/C12H14N2O4S/c1-3-7-6(2)19-12(10(7)11(13)18)14-8(15)4-5-9(16)17/h4-5H,3H2,1-2H3,(H2,13,18)(H,14,15)(H,16,17)/p-1. The topological polar surface area (TPSA) is 112 Å². The lowest BCUT2D eigenvalue weighted by Crippen LogP contribution is -2.20. The largest absolute Gasteiger partial charge is 0.545 e. The van der Waals surface area contributed by atoms with Gasteiger partial charge in [-0.15, -0.1) is 11.3 Å². The quantitative estimate of drug-likeness (QED) is 0.737. The summed E-state index contributed by atoms with van der Waals surface area (Å²) in [5.74, 6) is -2.75. The Hall–Kier alpha value is -2.15. The fraction of sp³-hybridized carbons (Fsp3) is 0.250. The van der Waals surface area contributed by atoms with Gasteiger partial charge in [0.1, 0.15) is 5.00 Å². The van der Waals surface area contributed by atoms with E-state index < -0.39 is 17.8 Å². The number of carbonyl (C=O) groups excluding carboxylic acids is 3. The van der Waals surface area contributed by atoms with Crippen LogP contribution >= 0.6 is 11.3 Å². The number of anilines is 1. The zero-order valence-corrected chi connectivity index (χ0v) is 11.3. The van der Waals surface area contributed by atoms with Crippen molar-refractivity contribution in [2.75, 3.05) is 5.32 Å². The highest BCUT2D eigenvalue weighted by Crippen LogP contribution is 2.33. The summed E-state index contributed by atoms with van der Waals surface area (Å²) in [5, 5.41) is 13.0. The van der Waals surface area contributed by atoms with E-state index in [2.05, 4.69) is 5.32 Å². The first-order valence-electron chi connectivity index (χ1n) is 5.48. The number of hydrogen-bond donors (Lipinski definition) is 2. The second-order valence-corrected chi connectivity index (χ2v) is 4.93. The smallest absolute Gasteiger partial charge is 0.251 e. The molecule has 0 aliphatic carbocycles. The molecule has 0 saturated carbocycles. The van der Waals surface area contributed by atoms with E-state index in [1.807, 2.05) is 13.8 Å². The lowest BCUT2D eigenvalue weighted by Gasteiger charge is -2.03. The molecule has 3 N–H and O–H groups in total. The Kier molecular flexibility index (Phi) is 4.82. The summed E-state index contributed by atoms with van der Waals surface area (Å²) in [5.41, 5.74) is 6.36. The van der Waals surface area contributed by atoms with Crippen molar-refractivity contribution in [3.05, 3.63) is 28.2 Å². The molecule has 0 unspecified atom stereocenters. The van der Waals surface area contributed by atoms with Crippen LogP contribution in [-0.4, -0.2) is 17.8 Å². The number of aliphatic carboxylic acids is 1. The first-order valence-corrected chi connectivity index (χ1v) is 6.30. The zero-order chi connectivity index (χ0) is 14.6. The lowest BCUT2D eigenvalue weighted by atomic mass is 10.1. The van der Waals surface area contributed by atoms with E-state index in [-0.39, 0.29) is 5.56 Å². The first kappa shape index (κ1) is 14.9. The molecule has 1 aromatic heterocycles. The molecule has 0 atom stereocenters. The number of thiophene rings is 1. The third-order valence-electron chi connectivity index (χ3n) is 2.42. The molecule has 0 fully saturated rings. The van der Waals surface area contributed by atoms with Gasteiger partial charge in [0.25, 0.3) is 5.91 Å². The first-order chi connectivity index (χ1) is 8.86. The van der Waals surface area contributed by atoms with Crippen LogP contribution < -0.4 is 16.2 Å². The molecule has 1 heterocycles. The van der Waals surface area contributed by atoms with E-state index in [4.69, 9.17) is 5.73 Å². The maximum atomic E-state index is 11.5. The average molecular weight is 281 g/mol. The lowest BCUT2D eigenvalue weighted by molar-refractivity contribution is -0.297. The molecular formula is C12H13N2O4S-. The van der Waals surface area contributed by atoms with Crippen LogP contribution in [0.1, 0.15) is 27.7 Å². The number of rotatable bonds is 5. The molecule has 7 heteroatoms. The molecule has 0 saturated heterocycles. The van der Waals surface area contributed by atoms with Gasteiger partial charge in [0.15, 0.2) is 0 Å². The molecule has 1 rings (SSSR count). The van der Waals surface area contributed by atoms with E-state index in [0.29, 0.717) is 17.5 Å². The average Bonchev–Trinajstić information content (AvgIpc) is 2.62. The van der Waals surface area contributed by atoms with Gasteiger partial charge in [0.05, 0.1) is 11.5 Å². The molecule has 0 aliphatic rings. The number of carboxylic acids is 1. The SMILES string of the molecule is CCc1c(C)sc(NC(=O)C=CC(=O)[O-])c1C(N)=O. The summed E-state index contributed by atoms with van der Waals surface area (Å²) < 4.78 is 0. The number of nitrogens with two attached hydrogens (primary N) is 1. The highest BCUT2D eigenvalue weighted by molar-refractivity contribution is 7.16. The molecular weight excluding hydrogens is 268 g/mol. The molecule has 1 aromatic rings. The third-order valence-corrected chi connectivity index (χ3v) is 3.48. The van der Waals surface area contributed by atoms with Crippen LogP contribution in [0.4, 0.5) is 5.00 Å². The van der Waals surface area contributed by atoms with Gasteiger partial charge in [0.2, 0.25) is 5.91 Å². The molecule has 0 radical (unpaired) electrons. The van der Waals surface area contributed by atoms with Crippen molar-refractivity contribution in [2.24, 2.45) is 5.73 Å². The van der Waals surface area contributed by atoms with Gasteiger partial charge in [-0.2, -0.15) is 0 Å². The Morgan fingerprint density at radius 2 is 2.00 bits per heavy atom. The van der Waals surface area contributed by atoms with Crippen molar-refractivity contribution in [3.63, 3.8) is 0 Å². The van der Waals surface area contributed by atoms with Crippen LogP contribution in [0.3, 0.4) is 0 Å². The Bertz CT molecular complexity index is 560. The summed E-state index contributed by atoms with van der Waals surface area (Å²) in [6, 6.07) is 0. The fourth-order valence-corrected chi connectivity index (χ4v) is 2.80. The Labute approximate surface area is 113 Å². The van der Waals surface area contributed by atoms with Crippen LogP contribution in [0.5, 0.6) is 0 Å². The maximum Gasteiger partial charge on any atom is 0.251 e. The molecule has 0 bridgehead atoms. The molecule has 2 amide bonds. The number of aryl methyl sites for hydroxylation is 1. The van der Waals surface area contributed by atoms with Crippen molar-refractivity contribution in [1.29, 1.82) is 0 Å². The van der Waals surface area contributed by atoms with Crippen molar-refractivity contribution < 1.29 is 19.5 Å². The van der Waals surface area contributed by atoms with Crippen LogP contribution in [-0.2, 0) is 16.0 Å². The number of carboxylic acid groups (broad SMARTS) is 1. The van der Waals surface area contributed by atoms with E-state index in [1.165, 1.54) is 11.3 Å². The maximum absolute atomic E-state index is 11.5. The second kappa shape index (κ2) is 6.14. The number of primary amides is 1. The van der Waals surface area contributed by atoms with Crippen molar-refractivity contribution in [3.8, 4) is 0 Å². The van der Waals surface area contributed by atoms with Crippen molar-refractivity contribution in [2.45, 2.75) is 20.3 Å². The van der Waals surface area contributed by atoms with E-state index in [9.17, 15) is 19.5 Å². The highest BCUT2D eigenvalue weighted by atomic mass is 32.1. The third kappa shape index (κ3) is 3.65. The van der Waals surface area contributed by atoms with Crippen molar-refractivity contribution >= 4 is 34.1 Å². The normalized spacial score (nSPS) is 10.6. The Morgan fingerprint density at radius 3 is 2.47 bits per heavy atom. The van der Waals surface area contributed by atoms with E-state index in [0.717, 1.165) is 16.5 Å². The van der Waals surface area contributed by atoms with Crippen LogP contribution in [0, 0.1) is 6.92 Å². The van der Waals surface area contributed by atoms with Gasteiger partial charge in [-0.25, -0.2) is 0 Å². The minimum atomic E-state index is -1.47. The molecule has 0 aliphatic heterocycles. The van der Waals surface area contributed by atoms with Gasteiger partial charge in [0, 0.05) is 11.0 Å². The number of amides is 2. The van der Waals surface area contributed by atoms with Gasteiger partial charge < -0.3 is 21.0 Å². The number of nitrogens with one attached hydrogen (secondary N) is 1. The molecule has 6 nitrogen and oxygen atoms in total. The zero-order valence-electron chi connectivity index (χ0n) is 10.5. The monoisotopic (exact) mass is 281 g/mol. The van der Waals surface area contributed by atoms with E-state index >= 15 is 0 Å². The van der Waals surface area contributed by atoms with Crippen LogP contribution in [0.2, 0.25) is 0 Å². The molecule has 0 spiro atoms. The predicted octanol–water partition coefficient (Wildman–Crippen LogP) is -0.0376. The fourth-order valence-electron chi connectivity index (χ4n) is 1.65. The van der Waals surface area contributed by atoms with Crippen molar-refractivity contribution in [1.82, 2.24) is 0 Å². The van der Waals surface area contributed by atoms with Gasteiger partial charge in [-0.1, -0.05) is 6.92 Å². The minimum Gasteiger partial charge on any atom is -0.545 e. The summed E-state index contributed by atoms with van der Waals surface area (Å²) >= 11 is 1.23. The highest BCUT2D eigenvalue weighted by Gasteiger charge is 2.19. The van der Waals surface area contributed by atoms with Crippen LogP contribution in [0.15, 0.2) is 12.2 Å². The summed E-state index contributed by atoms with van der Waals surface area (Å²) in [4.78, 5) is 34.0. The predicted molar refractivity (Wildman–Crippen MR) is 69.7 cm³/mol. The summed E-state index contributed by atoms with van der Waals surface area (Å²) in [7, 11) is 0. The Morgan fingerprint density at radius 1 is 1.37 bits per heavy atom. The van der Waals surface area contributed by atoms with Gasteiger partial charge in [-0.3, -0.25) is 9.59 Å².